The van der Waals surface area contributed by atoms with E-state index in [1.165, 1.54) is 9.88 Å². The molecule has 0 saturated heterocycles. The molecule has 0 spiro atoms. The van der Waals surface area contributed by atoms with Gasteiger partial charge in [-0.05, 0) is 6.92 Å². The number of nitrogens with one attached hydrogen (secondary N) is 1. The molecule has 2 rings (SSSR count). The second kappa shape index (κ2) is 5.20. The maximum atomic E-state index is 5.14. The first-order valence-electron chi connectivity index (χ1n) is 6.03. The second-order valence-electron chi connectivity index (χ2n) is 5.42. The smallest absolute Gasteiger partial charge is 0.150 e. The van der Waals surface area contributed by atoms with Gasteiger partial charge in [-0.15, -0.1) is 11.3 Å². The van der Waals surface area contributed by atoms with Gasteiger partial charge in [0.25, 0.3) is 0 Å². The summed E-state index contributed by atoms with van der Waals surface area (Å²) in [5, 5.41) is 8.36. The summed E-state index contributed by atoms with van der Waals surface area (Å²) in [6, 6.07) is 1.94. The fraction of sp³-hybridized carbons (Fsp3) is 0.538. The summed E-state index contributed by atoms with van der Waals surface area (Å²) in [5.74, 6) is 0.869. The third-order valence-electron chi connectivity index (χ3n) is 2.47. The van der Waals surface area contributed by atoms with Crippen molar-refractivity contribution in [1.29, 1.82) is 0 Å². The lowest BCUT2D eigenvalue weighted by molar-refractivity contribution is 0.369. The zero-order valence-corrected chi connectivity index (χ0v) is 12.1. The van der Waals surface area contributed by atoms with Crippen molar-refractivity contribution in [3.8, 4) is 0 Å². The minimum atomic E-state index is 0.130. The van der Waals surface area contributed by atoms with Gasteiger partial charge in [0.05, 0.1) is 17.2 Å². The largest absolute Gasteiger partial charge is 0.360 e. The van der Waals surface area contributed by atoms with Crippen molar-refractivity contribution in [3.63, 3.8) is 0 Å². The van der Waals surface area contributed by atoms with E-state index in [2.05, 4.69) is 36.2 Å². The normalized spacial score (nSPS) is 12.0. The average molecular weight is 265 g/mol. The molecular weight excluding hydrogens is 246 g/mol. The van der Waals surface area contributed by atoms with Crippen molar-refractivity contribution >= 4 is 11.3 Å². The van der Waals surface area contributed by atoms with E-state index >= 15 is 0 Å². The summed E-state index contributed by atoms with van der Waals surface area (Å²) in [5.41, 5.74) is 1.05. The van der Waals surface area contributed by atoms with Crippen LogP contribution in [0.15, 0.2) is 16.8 Å². The van der Waals surface area contributed by atoms with Crippen LogP contribution in [0.4, 0.5) is 0 Å². The Morgan fingerprint density at radius 3 is 2.67 bits per heavy atom. The predicted octanol–water partition coefficient (Wildman–Crippen LogP) is 3.03. The molecule has 1 N–H and O–H groups in total. The van der Waals surface area contributed by atoms with Gasteiger partial charge >= 0.3 is 0 Å². The molecular formula is C13H19N3OS. The molecule has 0 aromatic carbocycles. The van der Waals surface area contributed by atoms with Gasteiger partial charge in [-0.3, -0.25) is 0 Å². The van der Waals surface area contributed by atoms with Crippen molar-refractivity contribution < 1.29 is 4.52 Å². The number of aromatic nitrogens is 2. The minimum absolute atomic E-state index is 0.130. The van der Waals surface area contributed by atoms with E-state index in [1.54, 1.807) is 11.3 Å². The highest BCUT2D eigenvalue weighted by atomic mass is 32.1. The third-order valence-corrected chi connectivity index (χ3v) is 3.89. The topological polar surface area (TPSA) is 51.0 Å². The Balaban J connectivity index is 1.85. The van der Waals surface area contributed by atoms with Crippen molar-refractivity contribution in [2.24, 2.45) is 0 Å². The Hall–Kier alpha value is -1.20. The van der Waals surface area contributed by atoms with Crippen LogP contribution >= 0.6 is 11.3 Å². The SMILES string of the molecule is Cc1cc(CNCc2cnc(C(C)(C)C)s2)on1. The molecule has 0 aliphatic heterocycles. The van der Waals surface area contributed by atoms with E-state index in [-0.39, 0.29) is 5.41 Å². The van der Waals surface area contributed by atoms with Gasteiger partial charge in [-0.2, -0.15) is 0 Å². The molecule has 0 amide bonds. The first-order valence-corrected chi connectivity index (χ1v) is 6.85. The van der Waals surface area contributed by atoms with E-state index < -0.39 is 0 Å². The summed E-state index contributed by atoms with van der Waals surface area (Å²) in [6.07, 6.45) is 1.95. The van der Waals surface area contributed by atoms with Gasteiger partial charge in [0.1, 0.15) is 0 Å². The molecule has 98 valence electrons. The van der Waals surface area contributed by atoms with Crippen LogP contribution < -0.4 is 5.32 Å². The van der Waals surface area contributed by atoms with E-state index in [4.69, 9.17) is 4.52 Å². The maximum Gasteiger partial charge on any atom is 0.150 e. The molecule has 2 heterocycles. The molecule has 0 aliphatic carbocycles. The van der Waals surface area contributed by atoms with E-state index in [0.717, 1.165) is 18.0 Å². The lowest BCUT2D eigenvalue weighted by Gasteiger charge is -2.13. The van der Waals surface area contributed by atoms with Gasteiger partial charge in [-0.25, -0.2) is 4.98 Å². The van der Waals surface area contributed by atoms with Crippen molar-refractivity contribution in [2.75, 3.05) is 0 Å². The van der Waals surface area contributed by atoms with Crippen LogP contribution in [0, 0.1) is 6.92 Å². The highest BCUT2D eigenvalue weighted by molar-refractivity contribution is 7.11. The lowest BCUT2D eigenvalue weighted by atomic mass is 9.98. The molecule has 0 aliphatic rings. The number of rotatable bonds is 4. The molecule has 0 radical (unpaired) electrons. The van der Waals surface area contributed by atoms with Crippen LogP contribution in [0.25, 0.3) is 0 Å². The molecule has 0 unspecified atom stereocenters. The predicted molar refractivity (Wildman–Crippen MR) is 72.6 cm³/mol. The van der Waals surface area contributed by atoms with Crippen molar-refractivity contribution in [1.82, 2.24) is 15.5 Å². The van der Waals surface area contributed by atoms with E-state index in [9.17, 15) is 0 Å². The summed E-state index contributed by atoms with van der Waals surface area (Å²) >= 11 is 1.76. The van der Waals surface area contributed by atoms with E-state index in [0.29, 0.717) is 6.54 Å². The zero-order valence-electron chi connectivity index (χ0n) is 11.3. The van der Waals surface area contributed by atoms with Crippen LogP contribution in [0.5, 0.6) is 0 Å². The molecule has 0 saturated carbocycles. The molecule has 0 bridgehead atoms. The number of aryl methyl sites for hydroxylation is 1. The Kier molecular flexibility index (Phi) is 3.82. The van der Waals surface area contributed by atoms with Gasteiger partial charge in [-0.1, -0.05) is 25.9 Å². The number of hydrogen-bond acceptors (Lipinski definition) is 5. The summed E-state index contributed by atoms with van der Waals surface area (Å²) < 4.78 is 5.14. The van der Waals surface area contributed by atoms with Gasteiger partial charge in [0.15, 0.2) is 5.76 Å². The quantitative estimate of drug-likeness (QED) is 0.923. The van der Waals surface area contributed by atoms with Crippen LogP contribution in [0.3, 0.4) is 0 Å². The van der Waals surface area contributed by atoms with Crippen molar-refractivity contribution in [3.05, 3.63) is 33.6 Å². The monoisotopic (exact) mass is 265 g/mol. The van der Waals surface area contributed by atoms with Gasteiger partial charge in [0, 0.05) is 29.1 Å². The number of thiazole rings is 1. The summed E-state index contributed by atoms with van der Waals surface area (Å²) in [6.45, 7) is 9.98. The minimum Gasteiger partial charge on any atom is -0.360 e. The highest BCUT2D eigenvalue weighted by Gasteiger charge is 2.17. The molecule has 18 heavy (non-hydrogen) atoms. The van der Waals surface area contributed by atoms with Crippen LogP contribution in [0.1, 0.15) is 42.1 Å². The Morgan fingerprint density at radius 1 is 1.33 bits per heavy atom. The van der Waals surface area contributed by atoms with Crippen LogP contribution in [0.2, 0.25) is 0 Å². The van der Waals surface area contributed by atoms with Gasteiger partial charge in [0.2, 0.25) is 0 Å². The van der Waals surface area contributed by atoms with Crippen LogP contribution in [-0.2, 0) is 18.5 Å². The van der Waals surface area contributed by atoms with E-state index in [1.807, 2.05) is 19.2 Å². The van der Waals surface area contributed by atoms with Crippen molar-refractivity contribution in [2.45, 2.75) is 46.2 Å². The lowest BCUT2D eigenvalue weighted by Crippen LogP contribution is -2.11. The molecule has 0 fully saturated rings. The maximum absolute atomic E-state index is 5.14. The fourth-order valence-corrected chi connectivity index (χ4v) is 2.48. The molecule has 2 aromatic rings. The Labute approximate surface area is 111 Å². The van der Waals surface area contributed by atoms with Crippen LogP contribution in [-0.4, -0.2) is 10.1 Å². The Morgan fingerprint density at radius 2 is 2.11 bits per heavy atom. The number of nitrogens with zero attached hydrogens (tertiary/aromatic N) is 2. The molecule has 4 nitrogen and oxygen atoms in total. The zero-order chi connectivity index (χ0) is 13.2. The Bertz CT molecular complexity index is 510. The number of hydrogen-bond donors (Lipinski definition) is 1. The summed E-state index contributed by atoms with van der Waals surface area (Å²) in [4.78, 5) is 5.71. The van der Waals surface area contributed by atoms with Gasteiger partial charge < -0.3 is 9.84 Å². The summed E-state index contributed by atoms with van der Waals surface area (Å²) in [7, 11) is 0. The standard InChI is InChI=1S/C13H19N3OS/c1-9-5-10(17-16-9)6-14-7-11-8-15-12(18-11)13(2,3)4/h5,8,14H,6-7H2,1-4H3. The first-order chi connectivity index (χ1) is 8.45. The fourth-order valence-electron chi connectivity index (χ4n) is 1.54. The highest BCUT2D eigenvalue weighted by Crippen LogP contribution is 2.26. The molecule has 5 heteroatoms. The average Bonchev–Trinajstić information content (AvgIpc) is 2.87. The second-order valence-corrected chi connectivity index (χ2v) is 6.54. The third kappa shape index (κ3) is 3.40. The first kappa shape index (κ1) is 13.2. The molecule has 0 atom stereocenters. The molecule has 2 aromatic heterocycles.